The van der Waals surface area contributed by atoms with Crippen LogP contribution in [-0.2, 0) is 20.9 Å². The van der Waals surface area contributed by atoms with Gasteiger partial charge in [-0.15, -0.1) is 11.8 Å². The van der Waals surface area contributed by atoms with Crippen molar-refractivity contribution in [2.24, 2.45) is 29.6 Å². The summed E-state index contributed by atoms with van der Waals surface area (Å²) in [5.41, 5.74) is 4.12. The number of amides is 2. The zero-order chi connectivity index (χ0) is 31.7. The maximum Gasteiger partial charge on any atom is 0.338 e. The number of aromatic nitrogens is 1. The average Bonchev–Trinajstić information content (AvgIpc) is 3.80. The lowest BCUT2D eigenvalue weighted by Crippen LogP contribution is -2.42. The van der Waals surface area contributed by atoms with Crippen LogP contribution in [0.25, 0.3) is 0 Å². The van der Waals surface area contributed by atoms with Crippen molar-refractivity contribution in [3.05, 3.63) is 110 Å². The van der Waals surface area contributed by atoms with E-state index in [0.29, 0.717) is 17.9 Å². The summed E-state index contributed by atoms with van der Waals surface area (Å²) in [6.45, 7) is 4.50. The molecule has 8 nitrogen and oxygen atoms in total. The van der Waals surface area contributed by atoms with Gasteiger partial charge in [-0.25, -0.2) is 4.79 Å². The Morgan fingerprint density at radius 3 is 2.41 bits per heavy atom. The molecular weight excluding hydrogens is 621 g/mol. The van der Waals surface area contributed by atoms with E-state index >= 15 is 0 Å². The number of benzene rings is 3. The van der Waals surface area contributed by atoms with Crippen LogP contribution in [0.15, 0.2) is 82.6 Å². The molecule has 2 amide bonds. The number of aromatic amines is 1. The Morgan fingerprint density at radius 2 is 1.65 bits per heavy atom. The average molecular weight is 653 g/mol. The summed E-state index contributed by atoms with van der Waals surface area (Å²) < 4.78 is 11.6. The predicted octanol–water partition coefficient (Wildman–Crippen LogP) is 6.18. The number of imide groups is 1. The lowest BCUT2D eigenvalue weighted by atomic mass is 9.68. The number of anilines is 1. The van der Waals surface area contributed by atoms with Gasteiger partial charge in [-0.3, -0.25) is 19.3 Å². The Balaban J connectivity index is 1.14. The van der Waals surface area contributed by atoms with Gasteiger partial charge < -0.3 is 14.5 Å². The van der Waals surface area contributed by atoms with E-state index in [2.05, 4.69) is 30.1 Å². The molecule has 234 valence electrons. The minimum atomic E-state index is -0.441. The molecule has 2 bridgehead atoms. The van der Waals surface area contributed by atoms with E-state index in [1.807, 2.05) is 30.3 Å². The number of carbonyl (C=O) groups excluding carboxylic acids is 3. The second-order valence-electron chi connectivity index (χ2n) is 12.5. The fourth-order valence-corrected chi connectivity index (χ4v) is 11.3. The summed E-state index contributed by atoms with van der Waals surface area (Å²) in [6.07, 6.45) is 0.798. The number of thiazole rings is 1. The third-order valence-corrected chi connectivity index (χ3v) is 12.8. The van der Waals surface area contributed by atoms with Crippen LogP contribution in [0.4, 0.5) is 5.69 Å². The van der Waals surface area contributed by atoms with Gasteiger partial charge in [-0.05, 0) is 79.5 Å². The van der Waals surface area contributed by atoms with Gasteiger partial charge in [0, 0.05) is 21.6 Å². The number of hydrogen-bond acceptors (Lipinski definition) is 8. The largest absolute Gasteiger partial charge is 0.489 e. The Hall–Kier alpha value is -4.15. The molecule has 2 aliphatic carbocycles. The van der Waals surface area contributed by atoms with Crippen molar-refractivity contribution in [2.75, 3.05) is 11.5 Å². The Bertz CT molecular complexity index is 1930. The second-order valence-corrected chi connectivity index (χ2v) is 14.7. The molecule has 2 aliphatic heterocycles. The predicted molar refractivity (Wildman–Crippen MR) is 175 cm³/mol. The first-order valence-electron chi connectivity index (χ1n) is 15.7. The number of thioether (sulfide) groups is 1. The first-order chi connectivity index (χ1) is 22.4. The van der Waals surface area contributed by atoms with E-state index in [-0.39, 0.29) is 52.2 Å². The highest BCUT2D eigenvalue weighted by atomic mass is 32.2. The molecule has 0 unspecified atom stereocenters. The molecule has 4 aliphatic rings. The van der Waals surface area contributed by atoms with Crippen molar-refractivity contribution in [2.45, 2.75) is 43.1 Å². The number of esters is 1. The highest BCUT2D eigenvalue weighted by Crippen LogP contribution is 2.69. The molecule has 0 spiro atoms. The van der Waals surface area contributed by atoms with Crippen molar-refractivity contribution in [3.8, 4) is 5.75 Å². The van der Waals surface area contributed by atoms with Crippen LogP contribution in [0, 0.1) is 36.5 Å². The maximum atomic E-state index is 14.2. The lowest BCUT2D eigenvalue weighted by molar-refractivity contribution is -0.123. The maximum absolute atomic E-state index is 14.2. The number of hydrogen-bond donors (Lipinski definition) is 1. The van der Waals surface area contributed by atoms with E-state index in [4.69, 9.17) is 9.47 Å². The molecule has 3 aromatic carbocycles. The van der Waals surface area contributed by atoms with Crippen molar-refractivity contribution in [3.63, 3.8) is 0 Å². The van der Waals surface area contributed by atoms with Crippen LogP contribution in [0.3, 0.4) is 0 Å². The molecular formula is C36H32N2O6S2. The fourth-order valence-electron chi connectivity index (χ4n) is 8.38. The summed E-state index contributed by atoms with van der Waals surface area (Å²) in [5, 5.41) is 0.934. The van der Waals surface area contributed by atoms with E-state index in [9.17, 15) is 19.2 Å². The highest BCUT2D eigenvalue weighted by Gasteiger charge is 2.69. The zero-order valence-electron chi connectivity index (χ0n) is 25.3. The smallest absolute Gasteiger partial charge is 0.338 e. The summed E-state index contributed by atoms with van der Waals surface area (Å²) in [6, 6.07) is 22.7. The summed E-state index contributed by atoms with van der Waals surface area (Å²) in [4.78, 5) is 58.4. The molecule has 1 N–H and O–H groups in total. The van der Waals surface area contributed by atoms with Gasteiger partial charge in [0.2, 0.25) is 11.8 Å². The Labute approximate surface area is 274 Å². The second kappa shape index (κ2) is 11.3. The Morgan fingerprint density at radius 1 is 0.935 bits per heavy atom. The van der Waals surface area contributed by atoms with E-state index in [1.165, 1.54) is 16.2 Å². The Kier molecular flexibility index (Phi) is 7.17. The molecule has 2 saturated carbocycles. The summed E-state index contributed by atoms with van der Waals surface area (Å²) >= 11 is 2.91. The van der Waals surface area contributed by atoms with Crippen LogP contribution in [-0.4, -0.2) is 34.6 Å². The molecule has 4 aromatic rings. The van der Waals surface area contributed by atoms with Crippen molar-refractivity contribution >= 4 is 46.6 Å². The molecule has 7 atom stereocenters. The third-order valence-electron chi connectivity index (χ3n) is 10.3. The van der Waals surface area contributed by atoms with E-state index in [1.54, 1.807) is 43.0 Å². The van der Waals surface area contributed by atoms with Crippen LogP contribution < -0.4 is 14.5 Å². The monoisotopic (exact) mass is 652 g/mol. The molecule has 1 saturated heterocycles. The van der Waals surface area contributed by atoms with Crippen LogP contribution in [0.2, 0.25) is 0 Å². The third kappa shape index (κ3) is 4.48. The number of carbonyl (C=O) groups is 3. The number of nitrogens with one attached hydrogen (secondary N) is 1. The molecule has 46 heavy (non-hydrogen) atoms. The van der Waals surface area contributed by atoms with Gasteiger partial charge >= 0.3 is 10.8 Å². The van der Waals surface area contributed by atoms with Gasteiger partial charge in [0.1, 0.15) is 12.4 Å². The number of aryl methyl sites for hydroxylation is 1. The lowest BCUT2D eigenvalue weighted by Gasteiger charge is -2.43. The van der Waals surface area contributed by atoms with Crippen LogP contribution in [0.5, 0.6) is 5.75 Å². The first kappa shape index (κ1) is 29.3. The van der Waals surface area contributed by atoms with Crippen molar-refractivity contribution < 1.29 is 23.9 Å². The molecule has 10 heteroatoms. The van der Waals surface area contributed by atoms with Crippen LogP contribution in [0.1, 0.15) is 51.2 Å². The van der Waals surface area contributed by atoms with Gasteiger partial charge in [0.25, 0.3) is 0 Å². The molecule has 1 aromatic heterocycles. The first-order valence-corrected chi connectivity index (χ1v) is 17.4. The van der Waals surface area contributed by atoms with E-state index in [0.717, 1.165) is 38.8 Å². The van der Waals surface area contributed by atoms with Gasteiger partial charge in [-0.2, -0.15) is 0 Å². The number of nitrogens with zero attached hydrogens (tertiary/aromatic N) is 1. The number of fused-ring (bicyclic) bond motifs is 9. The fraction of sp³-hybridized carbons (Fsp3) is 0.333. The molecule has 8 rings (SSSR count). The molecule has 3 fully saturated rings. The molecule has 3 heterocycles. The van der Waals surface area contributed by atoms with Gasteiger partial charge in [0.05, 0.1) is 34.7 Å². The molecule has 0 radical (unpaired) electrons. The highest BCUT2D eigenvalue weighted by molar-refractivity contribution is 8.00. The minimum absolute atomic E-state index is 0.00403. The summed E-state index contributed by atoms with van der Waals surface area (Å²) in [7, 11) is 0. The number of ether oxygens (including phenoxy) is 2. The van der Waals surface area contributed by atoms with Gasteiger partial charge in [-0.1, -0.05) is 53.8 Å². The SMILES string of the molecule is CCOC(=O)c1ccc(N2C(=O)[C@H]3[C@H]4C[C@@H]([C@@H]3C2=O)[C@H]2[C@H](c3ccccc3OCc3ccccc3C)c3sc(=O)[nH]c3S[C@H]42)cc1. The standard InChI is InChI=1S/C36H32N2O6S2/c1-3-43-35(41)19-12-14-21(15-13-19)38-33(39)28-23-16-24(29(28)34(38)40)30-27(23)26(31-32(45-30)37-36(42)46-31)22-10-6-7-11-25(22)44-17-20-9-5-4-8-18(20)2/h4-15,23-24,26-30H,3,16-17H2,1-2H3,(H,37,42)/t23-,24-,26+,27+,28+,29+,30-/m1/s1. The summed E-state index contributed by atoms with van der Waals surface area (Å²) in [5.74, 6) is -0.957. The zero-order valence-corrected chi connectivity index (χ0v) is 26.9. The number of para-hydroxylation sites is 1. The number of H-pyrrole nitrogens is 1. The topological polar surface area (TPSA) is 106 Å². The minimum Gasteiger partial charge on any atom is -0.489 e. The van der Waals surface area contributed by atoms with Crippen molar-refractivity contribution in [1.82, 2.24) is 4.98 Å². The van der Waals surface area contributed by atoms with Crippen molar-refractivity contribution in [1.29, 1.82) is 0 Å². The quantitative estimate of drug-likeness (QED) is 0.188. The van der Waals surface area contributed by atoms with E-state index < -0.39 is 17.8 Å². The normalized spacial score (nSPS) is 27.3. The van der Waals surface area contributed by atoms with Crippen LogP contribution >= 0.6 is 23.1 Å². The van der Waals surface area contributed by atoms with Gasteiger partial charge in [0.15, 0.2) is 0 Å². The number of rotatable bonds is 7.